The molecule has 20 heavy (non-hydrogen) atoms. The van der Waals surface area contributed by atoms with Crippen molar-refractivity contribution in [1.29, 1.82) is 0 Å². The maximum absolute atomic E-state index is 12.8. The van der Waals surface area contributed by atoms with Crippen molar-refractivity contribution >= 4 is 11.7 Å². The first-order valence-corrected chi connectivity index (χ1v) is 6.14. The Bertz CT molecular complexity index is 538. The maximum atomic E-state index is 12.8. The summed E-state index contributed by atoms with van der Waals surface area (Å²) < 4.78 is 26.4. The van der Waals surface area contributed by atoms with E-state index in [0.29, 0.717) is 12.8 Å². The molecule has 0 aliphatic heterocycles. The summed E-state index contributed by atoms with van der Waals surface area (Å²) in [7, 11) is 0. The molecule has 0 unspecified atom stereocenters. The zero-order chi connectivity index (χ0) is 14.9. The lowest BCUT2D eigenvalue weighted by Gasteiger charge is -2.33. The number of carboxylic acids is 1. The molecule has 2 rings (SSSR count). The van der Waals surface area contributed by atoms with E-state index in [-0.39, 0.29) is 12.8 Å². The Kier molecular flexibility index (Phi) is 3.69. The van der Waals surface area contributed by atoms with Crippen molar-refractivity contribution in [1.82, 2.24) is 9.78 Å². The number of alkyl halides is 2. The largest absolute Gasteiger partial charge is 0.479 e. The van der Waals surface area contributed by atoms with Crippen molar-refractivity contribution in [3.8, 4) is 0 Å². The van der Waals surface area contributed by atoms with Gasteiger partial charge in [-0.2, -0.15) is 5.10 Å². The molecule has 0 atom stereocenters. The van der Waals surface area contributed by atoms with E-state index in [9.17, 15) is 28.8 Å². The van der Waals surface area contributed by atoms with E-state index in [1.807, 2.05) is 0 Å². The Balaban J connectivity index is 2.52. The Morgan fingerprint density at radius 1 is 1.45 bits per heavy atom. The smallest absolute Gasteiger partial charge is 0.331 e. The molecule has 0 amide bonds. The molecular formula is C11H13F2N3O4. The molecule has 1 fully saturated rings. The first-order valence-electron chi connectivity index (χ1n) is 6.14. The summed E-state index contributed by atoms with van der Waals surface area (Å²) in [5.41, 5.74) is -3.29. The molecule has 7 nitrogen and oxygen atoms in total. The van der Waals surface area contributed by atoms with Crippen molar-refractivity contribution in [2.45, 2.75) is 44.1 Å². The highest BCUT2D eigenvalue weighted by atomic mass is 19.3. The molecule has 0 aromatic carbocycles. The standard InChI is InChI=1S/C11H13F2N3O4/c12-9(13)8-7(16(19)20)6-15(14-8)11(10(17)18)4-2-1-3-5-11/h6,9H,1-5H2,(H,17,18). The van der Waals surface area contributed by atoms with Gasteiger partial charge in [-0.1, -0.05) is 19.3 Å². The summed E-state index contributed by atoms with van der Waals surface area (Å²) >= 11 is 0. The second kappa shape index (κ2) is 5.14. The van der Waals surface area contributed by atoms with Crippen LogP contribution in [-0.4, -0.2) is 25.8 Å². The SMILES string of the molecule is O=C(O)C1(n2cc([N+](=O)[O-])c(C(F)F)n2)CCCCC1. The lowest BCUT2D eigenvalue weighted by Crippen LogP contribution is -2.44. The number of nitro groups is 1. The zero-order valence-electron chi connectivity index (χ0n) is 10.5. The van der Waals surface area contributed by atoms with E-state index in [2.05, 4.69) is 5.10 Å². The van der Waals surface area contributed by atoms with E-state index < -0.39 is 34.2 Å². The van der Waals surface area contributed by atoms with Gasteiger partial charge in [-0.05, 0) is 12.8 Å². The van der Waals surface area contributed by atoms with Gasteiger partial charge in [-0.25, -0.2) is 18.3 Å². The van der Waals surface area contributed by atoms with E-state index in [0.717, 1.165) is 17.3 Å². The third kappa shape index (κ3) is 2.23. The number of aromatic nitrogens is 2. The lowest BCUT2D eigenvalue weighted by molar-refractivity contribution is -0.386. The molecule has 1 heterocycles. The van der Waals surface area contributed by atoms with Crippen LogP contribution in [0.15, 0.2) is 6.20 Å². The van der Waals surface area contributed by atoms with Gasteiger partial charge in [-0.3, -0.25) is 10.1 Å². The van der Waals surface area contributed by atoms with Crippen LogP contribution in [0.3, 0.4) is 0 Å². The summed E-state index contributed by atoms with van der Waals surface area (Å²) in [6.45, 7) is 0. The minimum absolute atomic E-state index is 0.226. The number of nitrogens with zero attached hydrogens (tertiary/aromatic N) is 3. The zero-order valence-corrected chi connectivity index (χ0v) is 10.5. The number of halogens is 2. The molecule has 0 bridgehead atoms. The molecule has 1 N–H and O–H groups in total. The number of hydrogen-bond donors (Lipinski definition) is 1. The van der Waals surface area contributed by atoms with E-state index in [4.69, 9.17) is 0 Å². The summed E-state index contributed by atoms with van der Waals surface area (Å²) in [5.74, 6) is -1.20. The van der Waals surface area contributed by atoms with Crippen molar-refractivity contribution in [2.75, 3.05) is 0 Å². The first-order chi connectivity index (χ1) is 9.38. The molecule has 9 heteroatoms. The van der Waals surface area contributed by atoms with Crippen molar-refractivity contribution in [2.24, 2.45) is 0 Å². The molecule has 1 aliphatic carbocycles. The molecule has 0 saturated heterocycles. The van der Waals surface area contributed by atoms with Gasteiger partial charge in [0.15, 0.2) is 5.54 Å². The Morgan fingerprint density at radius 2 is 2.05 bits per heavy atom. The second-order valence-electron chi connectivity index (χ2n) is 4.80. The van der Waals surface area contributed by atoms with Gasteiger partial charge >= 0.3 is 11.7 Å². The average Bonchev–Trinajstić information content (AvgIpc) is 2.85. The summed E-state index contributed by atoms with van der Waals surface area (Å²) in [6, 6.07) is 0. The van der Waals surface area contributed by atoms with Crippen LogP contribution in [0.25, 0.3) is 0 Å². The first kappa shape index (κ1) is 14.4. The third-order valence-electron chi connectivity index (χ3n) is 3.64. The van der Waals surface area contributed by atoms with Crippen LogP contribution >= 0.6 is 0 Å². The van der Waals surface area contributed by atoms with Crippen LogP contribution < -0.4 is 0 Å². The summed E-state index contributed by atoms with van der Waals surface area (Å²) in [5, 5.41) is 23.7. The molecule has 0 spiro atoms. The Morgan fingerprint density at radius 3 is 2.45 bits per heavy atom. The highest BCUT2D eigenvalue weighted by molar-refractivity contribution is 5.76. The summed E-state index contributed by atoms with van der Waals surface area (Å²) in [4.78, 5) is 21.3. The molecule has 110 valence electrons. The highest BCUT2D eigenvalue weighted by Crippen LogP contribution is 2.37. The van der Waals surface area contributed by atoms with Crippen LogP contribution in [0.4, 0.5) is 14.5 Å². The lowest BCUT2D eigenvalue weighted by atomic mass is 9.82. The fourth-order valence-electron chi connectivity index (χ4n) is 2.57. The minimum Gasteiger partial charge on any atom is -0.479 e. The van der Waals surface area contributed by atoms with E-state index in [1.54, 1.807) is 0 Å². The van der Waals surface area contributed by atoms with Gasteiger partial charge in [0.05, 0.1) is 4.92 Å². The number of carbonyl (C=O) groups is 1. The van der Waals surface area contributed by atoms with Gasteiger partial charge in [0, 0.05) is 0 Å². The minimum atomic E-state index is -3.12. The quantitative estimate of drug-likeness (QED) is 0.678. The van der Waals surface area contributed by atoms with Crippen molar-refractivity contribution < 1.29 is 23.6 Å². The number of rotatable bonds is 4. The Hall–Kier alpha value is -2.06. The van der Waals surface area contributed by atoms with Crippen LogP contribution in [0.1, 0.15) is 44.2 Å². The monoisotopic (exact) mass is 289 g/mol. The second-order valence-corrected chi connectivity index (χ2v) is 4.80. The number of hydrogen-bond acceptors (Lipinski definition) is 4. The number of aliphatic carboxylic acids is 1. The average molecular weight is 289 g/mol. The molecular weight excluding hydrogens is 276 g/mol. The molecule has 1 saturated carbocycles. The topological polar surface area (TPSA) is 98.3 Å². The van der Waals surface area contributed by atoms with Crippen LogP contribution in [-0.2, 0) is 10.3 Å². The van der Waals surface area contributed by atoms with E-state index in [1.165, 1.54) is 0 Å². The van der Waals surface area contributed by atoms with Crippen LogP contribution in [0.2, 0.25) is 0 Å². The van der Waals surface area contributed by atoms with E-state index >= 15 is 0 Å². The summed E-state index contributed by atoms with van der Waals surface area (Å²) in [6.07, 6.45) is 0.217. The molecule has 1 aliphatic rings. The molecule has 1 aromatic heterocycles. The molecule has 0 radical (unpaired) electrons. The third-order valence-corrected chi connectivity index (χ3v) is 3.64. The van der Waals surface area contributed by atoms with Crippen LogP contribution in [0.5, 0.6) is 0 Å². The highest BCUT2D eigenvalue weighted by Gasteiger charge is 2.44. The van der Waals surface area contributed by atoms with Gasteiger partial charge in [0.25, 0.3) is 6.43 Å². The Labute approximate surface area is 112 Å². The predicted octanol–water partition coefficient (Wildman–Crippen LogP) is 2.47. The predicted molar refractivity (Wildman–Crippen MR) is 62.5 cm³/mol. The number of carboxylic acid groups (broad SMARTS) is 1. The molecule has 1 aromatic rings. The van der Waals surface area contributed by atoms with Crippen molar-refractivity contribution in [3.63, 3.8) is 0 Å². The van der Waals surface area contributed by atoms with Crippen molar-refractivity contribution in [3.05, 3.63) is 22.0 Å². The fourth-order valence-corrected chi connectivity index (χ4v) is 2.57. The fraction of sp³-hybridized carbons (Fsp3) is 0.636. The van der Waals surface area contributed by atoms with Gasteiger partial charge in [0.1, 0.15) is 6.20 Å². The maximum Gasteiger partial charge on any atom is 0.331 e. The normalized spacial score (nSPS) is 18.1. The van der Waals surface area contributed by atoms with Gasteiger partial charge in [0.2, 0.25) is 5.69 Å². The van der Waals surface area contributed by atoms with Gasteiger partial charge in [-0.15, -0.1) is 0 Å². The van der Waals surface area contributed by atoms with Gasteiger partial charge < -0.3 is 5.11 Å². The van der Waals surface area contributed by atoms with Crippen LogP contribution in [0, 0.1) is 10.1 Å².